The van der Waals surface area contributed by atoms with Gasteiger partial charge in [0.15, 0.2) is 0 Å². The van der Waals surface area contributed by atoms with E-state index in [4.69, 9.17) is 0 Å². The Morgan fingerprint density at radius 1 is 1.36 bits per heavy atom. The minimum Gasteiger partial charge on any atom is -0.478 e. The van der Waals surface area contributed by atoms with Crippen molar-refractivity contribution in [3.05, 3.63) is 41.7 Å². The lowest BCUT2D eigenvalue weighted by Crippen LogP contribution is -2.21. The van der Waals surface area contributed by atoms with E-state index in [1.54, 1.807) is 18.2 Å². The molecular weight excluding hydrogens is 306 g/mol. The van der Waals surface area contributed by atoms with Crippen LogP contribution < -0.4 is 4.72 Å². The lowest BCUT2D eigenvalue weighted by molar-refractivity contribution is 0.0695. The number of para-hydroxylation sites is 1. The van der Waals surface area contributed by atoms with Gasteiger partial charge in [0.05, 0.1) is 17.6 Å². The number of hydrogen-bond donors (Lipinski definition) is 2. The van der Waals surface area contributed by atoms with Crippen molar-refractivity contribution in [2.45, 2.75) is 23.7 Å². The second-order valence-corrected chi connectivity index (χ2v) is 6.96. The second kappa shape index (κ2) is 5.22. The number of nitrogens with zero attached hydrogens (tertiary/aromatic N) is 2. The standard InChI is InChI=1S/C14H15N3O4S/c1-15-22(20,21)12-5-3-2-4-11(12)17-13(9-6-7-9)10(8-16-17)14(18)19/h2-5,8-9,15H,6-7H2,1H3,(H,18,19). The molecule has 0 spiro atoms. The first-order valence-electron chi connectivity index (χ1n) is 6.80. The summed E-state index contributed by atoms with van der Waals surface area (Å²) in [5.41, 5.74) is 1.04. The SMILES string of the molecule is CNS(=O)(=O)c1ccccc1-n1ncc(C(=O)O)c1C1CC1. The normalized spacial score (nSPS) is 15.0. The fourth-order valence-electron chi connectivity index (χ4n) is 2.43. The number of rotatable bonds is 5. The van der Waals surface area contributed by atoms with Crippen molar-refractivity contribution in [3.8, 4) is 5.69 Å². The average Bonchev–Trinajstić information content (AvgIpc) is 3.25. The van der Waals surface area contributed by atoms with Crippen molar-refractivity contribution in [1.29, 1.82) is 0 Å². The Balaban J connectivity index is 2.24. The van der Waals surface area contributed by atoms with Crippen LogP contribution in [0.15, 0.2) is 35.4 Å². The Hall–Kier alpha value is -2.19. The number of carboxylic acid groups (broad SMARTS) is 1. The van der Waals surface area contributed by atoms with E-state index in [1.165, 1.54) is 24.0 Å². The molecule has 8 heteroatoms. The van der Waals surface area contributed by atoms with Crippen LogP contribution >= 0.6 is 0 Å². The zero-order valence-corrected chi connectivity index (χ0v) is 12.7. The maximum absolute atomic E-state index is 12.2. The molecule has 0 saturated heterocycles. The molecule has 0 amide bonds. The van der Waals surface area contributed by atoms with Crippen molar-refractivity contribution in [1.82, 2.24) is 14.5 Å². The number of carboxylic acids is 1. The monoisotopic (exact) mass is 321 g/mol. The van der Waals surface area contributed by atoms with Crippen molar-refractivity contribution >= 4 is 16.0 Å². The number of nitrogens with one attached hydrogen (secondary N) is 1. The van der Waals surface area contributed by atoms with E-state index in [2.05, 4.69) is 9.82 Å². The van der Waals surface area contributed by atoms with Gasteiger partial charge >= 0.3 is 5.97 Å². The lowest BCUT2D eigenvalue weighted by Gasteiger charge is -2.12. The summed E-state index contributed by atoms with van der Waals surface area (Å²) in [5.74, 6) is -0.943. The predicted molar refractivity (Wildman–Crippen MR) is 78.7 cm³/mol. The summed E-state index contributed by atoms with van der Waals surface area (Å²) in [5, 5.41) is 13.4. The molecule has 3 rings (SSSR count). The third-order valence-electron chi connectivity index (χ3n) is 3.65. The third kappa shape index (κ3) is 2.40. The van der Waals surface area contributed by atoms with Crippen LogP contribution in [0.4, 0.5) is 0 Å². The fourth-order valence-corrected chi connectivity index (χ4v) is 3.34. The Morgan fingerprint density at radius 3 is 2.64 bits per heavy atom. The molecular formula is C14H15N3O4S. The molecule has 0 atom stereocenters. The second-order valence-electron chi connectivity index (χ2n) is 5.11. The summed E-state index contributed by atoms with van der Waals surface area (Å²) < 4.78 is 28.0. The quantitative estimate of drug-likeness (QED) is 0.866. The van der Waals surface area contributed by atoms with E-state index >= 15 is 0 Å². The third-order valence-corrected chi connectivity index (χ3v) is 5.11. The predicted octanol–water partition coefficient (Wildman–Crippen LogP) is 1.36. The van der Waals surface area contributed by atoms with Crippen LogP contribution in [0.3, 0.4) is 0 Å². The topological polar surface area (TPSA) is 101 Å². The van der Waals surface area contributed by atoms with Gasteiger partial charge in [0.2, 0.25) is 10.0 Å². The molecule has 2 aromatic rings. The van der Waals surface area contributed by atoms with E-state index in [1.807, 2.05) is 0 Å². The first kappa shape index (κ1) is 14.7. The summed E-state index contributed by atoms with van der Waals surface area (Å²) in [6.07, 6.45) is 3.04. The van der Waals surface area contributed by atoms with E-state index in [0.717, 1.165) is 12.8 Å². The molecule has 116 valence electrons. The van der Waals surface area contributed by atoms with E-state index < -0.39 is 16.0 Å². The number of hydrogen-bond acceptors (Lipinski definition) is 4. The molecule has 0 unspecified atom stereocenters. The van der Waals surface area contributed by atoms with Crippen molar-refractivity contribution < 1.29 is 18.3 Å². The summed E-state index contributed by atoms with van der Waals surface area (Å²) in [7, 11) is -2.34. The molecule has 1 aliphatic rings. The summed E-state index contributed by atoms with van der Waals surface area (Å²) in [6, 6.07) is 6.41. The van der Waals surface area contributed by atoms with Crippen LogP contribution in [0.5, 0.6) is 0 Å². The van der Waals surface area contributed by atoms with E-state index in [-0.39, 0.29) is 16.4 Å². The van der Waals surface area contributed by atoms with E-state index in [9.17, 15) is 18.3 Å². The highest BCUT2D eigenvalue weighted by Gasteiger charge is 2.34. The molecule has 1 heterocycles. The maximum Gasteiger partial charge on any atom is 0.339 e. The Morgan fingerprint density at radius 2 is 2.05 bits per heavy atom. The molecule has 0 aliphatic heterocycles. The zero-order valence-electron chi connectivity index (χ0n) is 11.9. The maximum atomic E-state index is 12.2. The van der Waals surface area contributed by atoms with Crippen LogP contribution in [0.25, 0.3) is 5.69 Å². The summed E-state index contributed by atoms with van der Waals surface area (Å²) >= 11 is 0. The number of aromatic nitrogens is 2. The van der Waals surface area contributed by atoms with Gasteiger partial charge in [0.25, 0.3) is 0 Å². The number of carbonyl (C=O) groups is 1. The van der Waals surface area contributed by atoms with Crippen LogP contribution in [0.1, 0.15) is 34.8 Å². The van der Waals surface area contributed by atoms with Crippen LogP contribution in [0, 0.1) is 0 Å². The first-order valence-corrected chi connectivity index (χ1v) is 8.28. The molecule has 1 saturated carbocycles. The number of aromatic carboxylic acids is 1. The molecule has 0 bridgehead atoms. The van der Waals surface area contributed by atoms with Gasteiger partial charge in [-0.2, -0.15) is 5.10 Å². The zero-order chi connectivity index (χ0) is 15.9. The van der Waals surface area contributed by atoms with Gasteiger partial charge in [0, 0.05) is 5.92 Å². The van der Waals surface area contributed by atoms with Gasteiger partial charge in [-0.05, 0) is 32.0 Å². The minimum absolute atomic E-state index is 0.0689. The van der Waals surface area contributed by atoms with Crippen LogP contribution in [-0.2, 0) is 10.0 Å². The number of benzene rings is 1. The smallest absolute Gasteiger partial charge is 0.339 e. The van der Waals surface area contributed by atoms with Crippen molar-refractivity contribution in [2.24, 2.45) is 0 Å². The Labute approximate surface area is 127 Å². The molecule has 7 nitrogen and oxygen atoms in total. The molecule has 1 fully saturated rings. The van der Waals surface area contributed by atoms with Crippen LogP contribution in [0.2, 0.25) is 0 Å². The van der Waals surface area contributed by atoms with Crippen LogP contribution in [-0.4, -0.2) is 36.3 Å². The number of sulfonamides is 1. The first-order chi connectivity index (χ1) is 10.5. The van der Waals surface area contributed by atoms with Gasteiger partial charge < -0.3 is 5.11 Å². The fraction of sp³-hybridized carbons (Fsp3) is 0.286. The van der Waals surface area contributed by atoms with Gasteiger partial charge in [-0.3, -0.25) is 0 Å². The largest absolute Gasteiger partial charge is 0.478 e. The van der Waals surface area contributed by atoms with Gasteiger partial charge in [-0.1, -0.05) is 12.1 Å². The highest BCUT2D eigenvalue weighted by molar-refractivity contribution is 7.89. The highest BCUT2D eigenvalue weighted by atomic mass is 32.2. The minimum atomic E-state index is -3.67. The van der Waals surface area contributed by atoms with Crippen molar-refractivity contribution in [2.75, 3.05) is 7.05 Å². The molecule has 1 aromatic carbocycles. The molecule has 22 heavy (non-hydrogen) atoms. The Bertz CT molecular complexity index is 838. The molecule has 0 radical (unpaired) electrons. The summed E-state index contributed by atoms with van der Waals surface area (Å²) in [4.78, 5) is 11.4. The van der Waals surface area contributed by atoms with Gasteiger partial charge in [0.1, 0.15) is 10.5 Å². The van der Waals surface area contributed by atoms with Crippen molar-refractivity contribution in [3.63, 3.8) is 0 Å². The summed E-state index contributed by atoms with van der Waals surface area (Å²) in [6.45, 7) is 0. The van der Waals surface area contributed by atoms with E-state index in [0.29, 0.717) is 11.4 Å². The van der Waals surface area contributed by atoms with Gasteiger partial charge in [-0.15, -0.1) is 0 Å². The van der Waals surface area contributed by atoms with Gasteiger partial charge in [-0.25, -0.2) is 22.6 Å². The Kier molecular flexibility index (Phi) is 3.50. The molecule has 1 aliphatic carbocycles. The molecule has 1 aromatic heterocycles. The molecule has 2 N–H and O–H groups in total. The average molecular weight is 321 g/mol. The lowest BCUT2D eigenvalue weighted by atomic mass is 10.1. The highest BCUT2D eigenvalue weighted by Crippen LogP contribution is 2.42.